The Labute approximate surface area is 168 Å². The van der Waals surface area contributed by atoms with Crippen LogP contribution < -0.4 is 5.32 Å². The molecule has 1 aliphatic rings. The minimum atomic E-state index is -2.87. The topological polar surface area (TPSA) is 80.4 Å². The van der Waals surface area contributed by atoms with Crippen molar-refractivity contribution >= 4 is 33.9 Å². The summed E-state index contributed by atoms with van der Waals surface area (Å²) in [6.07, 6.45) is 0. The number of imidazole rings is 1. The summed E-state index contributed by atoms with van der Waals surface area (Å²) in [7, 11) is 0. The molecule has 2 aromatic heterocycles. The summed E-state index contributed by atoms with van der Waals surface area (Å²) < 4.78 is 33.9. The number of alkyl halides is 2. The maximum absolute atomic E-state index is 13.7. The Morgan fingerprint density at radius 2 is 1.87 bits per heavy atom. The number of rotatable bonds is 4. The Hall–Kier alpha value is -3.75. The van der Waals surface area contributed by atoms with E-state index < -0.39 is 24.0 Å². The number of hydrogen-bond donors (Lipinski definition) is 1. The number of amides is 3. The van der Waals surface area contributed by atoms with Gasteiger partial charge in [0.15, 0.2) is 5.54 Å². The fourth-order valence-corrected chi connectivity index (χ4v) is 3.80. The van der Waals surface area contributed by atoms with E-state index >= 15 is 0 Å². The van der Waals surface area contributed by atoms with Crippen molar-refractivity contribution < 1.29 is 22.8 Å². The second kappa shape index (κ2) is 6.38. The molecule has 152 valence electrons. The number of benzene rings is 2. The third-order valence-corrected chi connectivity index (χ3v) is 5.36. The highest BCUT2D eigenvalue weighted by Crippen LogP contribution is 2.34. The van der Waals surface area contributed by atoms with Gasteiger partial charge in [-0.05, 0) is 31.2 Å². The highest BCUT2D eigenvalue weighted by atomic mass is 19.3. The molecule has 4 aromatic rings. The Balaban J connectivity index is 1.52. The number of nitrogens with one attached hydrogen (secondary N) is 1. The maximum atomic E-state index is 13.7. The smallest absolute Gasteiger partial charge is 0.325 e. The van der Waals surface area contributed by atoms with Gasteiger partial charge in [-0.2, -0.15) is 8.78 Å². The van der Waals surface area contributed by atoms with Gasteiger partial charge in [0.2, 0.25) is 0 Å². The Bertz CT molecular complexity index is 1280. The van der Waals surface area contributed by atoms with Crippen molar-refractivity contribution in [3.8, 4) is 0 Å². The molecule has 0 bridgehead atoms. The molecule has 0 saturated carbocycles. The maximum Gasteiger partial charge on any atom is 0.325 e. The first kappa shape index (κ1) is 18.3. The van der Waals surface area contributed by atoms with Gasteiger partial charge in [0.25, 0.3) is 5.91 Å². The van der Waals surface area contributed by atoms with Crippen molar-refractivity contribution in [2.24, 2.45) is 0 Å². The summed E-state index contributed by atoms with van der Waals surface area (Å²) >= 11 is 0. The number of para-hydroxylation sites is 3. The molecule has 2 aromatic carbocycles. The molecule has 3 amide bonds. The van der Waals surface area contributed by atoms with Gasteiger partial charge < -0.3 is 9.73 Å². The number of urea groups is 1. The van der Waals surface area contributed by atoms with Gasteiger partial charge in [-0.25, -0.2) is 9.78 Å². The molecule has 7 nitrogen and oxygen atoms in total. The van der Waals surface area contributed by atoms with E-state index in [0.717, 1.165) is 14.9 Å². The van der Waals surface area contributed by atoms with E-state index in [0.29, 0.717) is 11.1 Å². The molecule has 1 saturated heterocycles. The molecule has 0 spiro atoms. The molecule has 5 rings (SSSR count). The van der Waals surface area contributed by atoms with Gasteiger partial charge in [-0.1, -0.05) is 30.3 Å². The zero-order chi connectivity index (χ0) is 21.0. The highest BCUT2D eigenvalue weighted by Gasteiger charge is 2.51. The van der Waals surface area contributed by atoms with Crippen LogP contribution in [-0.2, 0) is 16.9 Å². The number of nitrogens with zero attached hydrogens (tertiary/aromatic N) is 3. The second-order valence-electron chi connectivity index (χ2n) is 7.26. The Kier molecular flexibility index (Phi) is 3.89. The van der Waals surface area contributed by atoms with Crippen molar-refractivity contribution in [1.82, 2.24) is 19.8 Å². The van der Waals surface area contributed by atoms with E-state index in [4.69, 9.17) is 4.42 Å². The van der Waals surface area contributed by atoms with E-state index in [2.05, 4.69) is 10.3 Å². The molecule has 0 radical (unpaired) electrons. The molecule has 1 N–H and O–H groups in total. The van der Waals surface area contributed by atoms with Gasteiger partial charge in [0.05, 0.1) is 17.6 Å². The quantitative estimate of drug-likeness (QED) is 0.513. The van der Waals surface area contributed by atoms with Crippen LogP contribution in [0.25, 0.3) is 22.0 Å². The zero-order valence-electron chi connectivity index (χ0n) is 15.8. The van der Waals surface area contributed by atoms with Gasteiger partial charge in [-0.15, -0.1) is 0 Å². The van der Waals surface area contributed by atoms with Crippen LogP contribution in [0, 0.1) is 0 Å². The molecule has 1 atom stereocenters. The van der Waals surface area contributed by atoms with Gasteiger partial charge >= 0.3 is 12.6 Å². The lowest BCUT2D eigenvalue weighted by Gasteiger charge is -2.19. The fourth-order valence-electron chi connectivity index (χ4n) is 3.80. The average molecular weight is 410 g/mol. The summed E-state index contributed by atoms with van der Waals surface area (Å²) in [5.41, 5.74) is -0.277. The van der Waals surface area contributed by atoms with Crippen LogP contribution >= 0.6 is 0 Å². The molecule has 0 unspecified atom stereocenters. The van der Waals surface area contributed by atoms with Crippen LogP contribution in [0.3, 0.4) is 0 Å². The lowest BCUT2D eigenvalue weighted by Crippen LogP contribution is -2.40. The summed E-state index contributed by atoms with van der Waals surface area (Å²) in [6.45, 7) is -1.73. The largest absolute Gasteiger partial charge is 0.458 e. The SMILES string of the molecule is C[C@@]1(c2cc3ccccc3o2)NC(=O)N(Cc2nc3ccccc3n2C(F)F)C1=O. The number of fused-ring (bicyclic) bond motifs is 2. The molecule has 30 heavy (non-hydrogen) atoms. The third kappa shape index (κ3) is 2.58. The number of hydrogen-bond acceptors (Lipinski definition) is 4. The first-order valence-electron chi connectivity index (χ1n) is 9.25. The average Bonchev–Trinajstić information content (AvgIpc) is 3.37. The lowest BCUT2D eigenvalue weighted by atomic mass is 9.99. The van der Waals surface area contributed by atoms with Crippen molar-refractivity contribution in [1.29, 1.82) is 0 Å². The number of carbonyl (C=O) groups excluding carboxylic acids is 2. The van der Waals surface area contributed by atoms with Crippen LogP contribution in [0.4, 0.5) is 13.6 Å². The number of aromatic nitrogens is 2. The van der Waals surface area contributed by atoms with E-state index in [1.54, 1.807) is 36.4 Å². The summed E-state index contributed by atoms with van der Waals surface area (Å²) in [5.74, 6) is -0.408. The van der Waals surface area contributed by atoms with Crippen molar-refractivity contribution in [3.05, 3.63) is 66.2 Å². The minimum absolute atomic E-state index is 0.0800. The summed E-state index contributed by atoms with van der Waals surface area (Å²) in [4.78, 5) is 30.9. The predicted octanol–water partition coefficient (Wildman–Crippen LogP) is 4.14. The number of imide groups is 1. The number of furan rings is 1. The highest BCUT2D eigenvalue weighted by molar-refractivity contribution is 6.07. The van der Waals surface area contributed by atoms with Crippen LogP contribution in [0.15, 0.2) is 59.0 Å². The molecule has 1 fully saturated rings. The molecule has 1 aliphatic heterocycles. The third-order valence-electron chi connectivity index (χ3n) is 5.36. The van der Waals surface area contributed by atoms with Gasteiger partial charge in [0, 0.05) is 5.39 Å². The van der Waals surface area contributed by atoms with Crippen LogP contribution in [0.5, 0.6) is 0 Å². The normalized spacial score (nSPS) is 19.4. The van der Waals surface area contributed by atoms with Crippen LogP contribution in [0.1, 0.15) is 25.1 Å². The number of carbonyl (C=O) groups is 2. The first-order valence-corrected chi connectivity index (χ1v) is 9.25. The van der Waals surface area contributed by atoms with Crippen molar-refractivity contribution in [3.63, 3.8) is 0 Å². The lowest BCUT2D eigenvalue weighted by molar-refractivity contribution is -0.132. The van der Waals surface area contributed by atoms with Gasteiger partial charge in [-0.3, -0.25) is 14.3 Å². The standard InChI is InChI=1S/C21H16F2N4O3/c1-21(16-10-12-6-2-5-9-15(12)30-16)18(28)26(20(29)25-21)11-17-24-13-7-3-4-8-14(13)27(17)19(22)23/h2-10,19H,11H2,1H3,(H,25,29)/t21-/m0/s1. The monoisotopic (exact) mass is 410 g/mol. The van der Waals surface area contributed by atoms with E-state index in [-0.39, 0.29) is 23.6 Å². The van der Waals surface area contributed by atoms with Crippen molar-refractivity contribution in [2.75, 3.05) is 0 Å². The minimum Gasteiger partial charge on any atom is -0.458 e. The summed E-state index contributed by atoms with van der Waals surface area (Å²) in [5, 5.41) is 3.42. The first-order chi connectivity index (χ1) is 14.4. The van der Waals surface area contributed by atoms with Crippen LogP contribution in [-0.4, -0.2) is 26.4 Å². The number of halogens is 2. The zero-order valence-corrected chi connectivity index (χ0v) is 15.8. The molecular formula is C21H16F2N4O3. The van der Waals surface area contributed by atoms with Crippen LogP contribution in [0.2, 0.25) is 0 Å². The summed E-state index contributed by atoms with van der Waals surface area (Å²) in [6, 6.07) is 14.6. The predicted molar refractivity (Wildman–Crippen MR) is 104 cm³/mol. The fraction of sp³-hybridized carbons (Fsp3) is 0.190. The molecular weight excluding hydrogens is 394 g/mol. The molecule has 0 aliphatic carbocycles. The second-order valence-corrected chi connectivity index (χ2v) is 7.26. The Morgan fingerprint density at radius 3 is 2.63 bits per heavy atom. The van der Waals surface area contributed by atoms with E-state index in [1.165, 1.54) is 13.0 Å². The molecule has 3 heterocycles. The van der Waals surface area contributed by atoms with E-state index in [9.17, 15) is 18.4 Å². The van der Waals surface area contributed by atoms with Crippen molar-refractivity contribution in [2.45, 2.75) is 25.6 Å². The van der Waals surface area contributed by atoms with Gasteiger partial charge in [0.1, 0.15) is 17.2 Å². The Morgan fingerprint density at radius 1 is 1.13 bits per heavy atom. The van der Waals surface area contributed by atoms with E-state index in [1.807, 2.05) is 12.1 Å². The molecule has 9 heteroatoms.